The van der Waals surface area contributed by atoms with E-state index in [2.05, 4.69) is 23.6 Å². The maximum absolute atomic E-state index is 6.93. The molecule has 0 amide bonds. The molecular formula is C19H30N2O. The smallest absolute Gasteiger partial charge is 0.187 e. The molecule has 0 aliphatic carbocycles. The van der Waals surface area contributed by atoms with E-state index in [-0.39, 0.29) is 7.43 Å². The van der Waals surface area contributed by atoms with Crippen LogP contribution in [0.3, 0.4) is 0 Å². The Bertz CT molecular complexity index is 463. The van der Waals surface area contributed by atoms with Gasteiger partial charge >= 0.3 is 0 Å². The fourth-order valence-corrected chi connectivity index (χ4v) is 2.95. The van der Waals surface area contributed by atoms with Crippen LogP contribution in [0.15, 0.2) is 24.3 Å². The van der Waals surface area contributed by atoms with E-state index in [1.54, 1.807) is 0 Å². The van der Waals surface area contributed by atoms with E-state index < -0.39 is 0 Å². The Morgan fingerprint density at radius 3 is 2.64 bits per heavy atom. The summed E-state index contributed by atoms with van der Waals surface area (Å²) in [6, 6.07) is 8.34. The van der Waals surface area contributed by atoms with Crippen molar-refractivity contribution in [1.82, 2.24) is 4.90 Å². The summed E-state index contributed by atoms with van der Waals surface area (Å²) in [5.74, 6) is 0.863. The molecule has 0 bridgehead atoms. The minimum absolute atomic E-state index is 0. The third-order valence-corrected chi connectivity index (χ3v) is 4.54. The maximum Gasteiger partial charge on any atom is 0.187 e. The molecule has 0 N–H and O–H groups in total. The predicted molar refractivity (Wildman–Crippen MR) is 93.1 cm³/mol. The number of ether oxygens (including phenoxy) is 1. The predicted octanol–water partition coefficient (Wildman–Crippen LogP) is 4.90. The number of hydrogen-bond acceptors (Lipinski definition) is 2. The second kappa shape index (κ2) is 9.61. The summed E-state index contributed by atoms with van der Waals surface area (Å²) in [7, 11) is 0. The van der Waals surface area contributed by atoms with E-state index in [1.807, 2.05) is 24.3 Å². The van der Waals surface area contributed by atoms with Gasteiger partial charge in [0.25, 0.3) is 0 Å². The monoisotopic (exact) mass is 302 g/mol. The Kier molecular flexibility index (Phi) is 8.16. The van der Waals surface area contributed by atoms with E-state index in [0.717, 1.165) is 24.6 Å². The lowest BCUT2D eigenvalue weighted by molar-refractivity contribution is 0.0530. The quantitative estimate of drug-likeness (QED) is 0.549. The molecule has 122 valence electrons. The van der Waals surface area contributed by atoms with Crippen molar-refractivity contribution in [2.45, 2.75) is 53.2 Å². The lowest BCUT2D eigenvalue weighted by atomic mass is 9.92. The maximum atomic E-state index is 6.93. The highest BCUT2D eigenvalue weighted by Crippen LogP contribution is 2.23. The van der Waals surface area contributed by atoms with Crippen molar-refractivity contribution in [3.05, 3.63) is 41.2 Å². The molecule has 0 spiro atoms. The van der Waals surface area contributed by atoms with Crippen LogP contribution >= 0.6 is 0 Å². The van der Waals surface area contributed by atoms with E-state index in [9.17, 15) is 0 Å². The molecule has 0 aromatic heterocycles. The second-order valence-electron chi connectivity index (χ2n) is 6.03. The largest absolute Gasteiger partial charge is 0.375 e. The summed E-state index contributed by atoms with van der Waals surface area (Å²) >= 11 is 0. The summed E-state index contributed by atoms with van der Waals surface area (Å²) in [5, 5.41) is 0. The van der Waals surface area contributed by atoms with Gasteiger partial charge in [0.2, 0.25) is 0 Å². The molecule has 1 aromatic rings. The SMILES string of the molecule is C.[C-]#[N+]c1ccc(COCCN2CC(CC)CCC2C)cc1. The summed E-state index contributed by atoms with van der Waals surface area (Å²) in [6.07, 6.45) is 3.98. The Balaban J connectivity index is 0.00000242. The van der Waals surface area contributed by atoms with Gasteiger partial charge in [0, 0.05) is 19.1 Å². The van der Waals surface area contributed by atoms with Gasteiger partial charge in [-0.2, -0.15) is 0 Å². The van der Waals surface area contributed by atoms with Gasteiger partial charge in [0.05, 0.1) is 19.8 Å². The van der Waals surface area contributed by atoms with Gasteiger partial charge < -0.3 is 4.74 Å². The molecule has 3 nitrogen and oxygen atoms in total. The molecule has 0 radical (unpaired) electrons. The molecule has 2 unspecified atom stereocenters. The van der Waals surface area contributed by atoms with Crippen molar-refractivity contribution in [2.75, 3.05) is 19.7 Å². The number of nitrogens with zero attached hydrogens (tertiary/aromatic N) is 2. The first-order valence-electron chi connectivity index (χ1n) is 8.01. The van der Waals surface area contributed by atoms with Gasteiger partial charge in [-0.25, -0.2) is 4.85 Å². The van der Waals surface area contributed by atoms with Crippen LogP contribution in [-0.4, -0.2) is 30.6 Å². The average molecular weight is 302 g/mol. The van der Waals surface area contributed by atoms with Crippen LogP contribution in [0, 0.1) is 12.5 Å². The van der Waals surface area contributed by atoms with Gasteiger partial charge in [-0.1, -0.05) is 45.0 Å². The summed E-state index contributed by atoms with van der Waals surface area (Å²) < 4.78 is 5.79. The highest BCUT2D eigenvalue weighted by Gasteiger charge is 2.23. The van der Waals surface area contributed by atoms with Crippen LogP contribution < -0.4 is 0 Å². The molecule has 2 rings (SSSR count). The number of rotatable bonds is 6. The zero-order valence-corrected chi connectivity index (χ0v) is 13.2. The lowest BCUT2D eigenvalue weighted by Gasteiger charge is -2.37. The van der Waals surface area contributed by atoms with Crippen molar-refractivity contribution in [3.8, 4) is 0 Å². The van der Waals surface area contributed by atoms with Crippen molar-refractivity contribution in [2.24, 2.45) is 5.92 Å². The molecule has 1 aliphatic rings. The molecule has 0 saturated carbocycles. The van der Waals surface area contributed by atoms with Crippen LogP contribution in [-0.2, 0) is 11.3 Å². The Morgan fingerprint density at radius 1 is 1.27 bits per heavy atom. The Hall–Kier alpha value is -1.37. The van der Waals surface area contributed by atoms with Crippen molar-refractivity contribution >= 4 is 5.69 Å². The van der Waals surface area contributed by atoms with Gasteiger partial charge in [0.1, 0.15) is 0 Å². The van der Waals surface area contributed by atoms with E-state index >= 15 is 0 Å². The summed E-state index contributed by atoms with van der Waals surface area (Å²) in [6.45, 7) is 15.2. The van der Waals surface area contributed by atoms with Gasteiger partial charge in [-0.3, -0.25) is 4.90 Å². The molecule has 2 atom stereocenters. The zero-order valence-electron chi connectivity index (χ0n) is 13.2. The van der Waals surface area contributed by atoms with Crippen molar-refractivity contribution in [3.63, 3.8) is 0 Å². The van der Waals surface area contributed by atoms with Gasteiger partial charge in [0.15, 0.2) is 5.69 Å². The molecule has 1 aromatic carbocycles. The van der Waals surface area contributed by atoms with Crippen LogP contribution in [0.2, 0.25) is 0 Å². The van der Waals surface area contributed by atoms with Crippen LogP contribution in [0.1, 0.15) is 46.1 Å². The summed E-state index contributed by atoms with van der Waals surface area (Å²) in [5.41, 5.74) is 1.83. The lowest BCUT2D eigenvalue weighted by Crippen LogP contribution is -2.43. The molecule has 3 heteroatoms. The number of hydrogen-bond donors (Lipinski definition) is 0. The standard InChI is InChI=1S/C18H26N2O.CH4/c1-4-16-6-5-15(2)20(13-16)11-12-21-14-17-7-9-18(19-3)10-8-17;/h7-10,15-16H,4-6,11-14H2,1-2H3;1H4. The molecule has 1 saturated heterocycles. The van der Waals surface area contributed by atoms with Crippen molar-refractivity contribution < 1.29 is 4.74 Å². The first-order valence-corrected chi connectivity index (χ1v) is 8.01. The fraction of sp³-hybridized carbons (Fsp3) is 0.632. The van der Waals surface area contributed by atoms with Crippen molar-refractivity contribution in [1.29, 1.82) is 0 Å². The minimum atomic E-state index is 0. The third kappa shape index (κ3) is 5.44. The number of likely N-dealkylation sites (tertiary alicyclic amines) is 1. The normalized spacial score (nSPS) is 21.9. The van der Waals surface area contributed by atoms with Gasteiger partial charge in [-0.05, 0) is 31.2 Å². The topological polar surface area (TPSA) is 16.8 Å². The second-order valence-corrected chi connectivity index (χ2v) is 6.03. The molecule has 1 aliphatic heterocycles. The Labute approximate surface area is 136 Å². The fourth-order valence-electron chi connectivity index (χ4n) is 2.95. The number of piperidine rings is 1. The summed E-state index contributed by atoms with van der Waals surface area (Å²) in [4.78, 5) is 5.96. The molecule has 1 fully saturated rings. The first-order chi connectivity index (χ1) is 10.2. The first kappa shape index (κ1) is 18.7. The van der Waals surface area contributed by atoms with Gasteiger partial charge in [-0.15, -0.1) is 0 Å². The average Bonchev–Trinajstić information content (AvgIpc) is 2.53. The molecule has 22 heavy (non-hydrogen) atoms. The van der Waals surface area contributed by atoms with Crippen LogP contribution in [0.25, 0.3) is 4.85 Å². The van der Waals surface area contributed by atoms with E-state index in [1.165, 1.54) is 25.8 Å². The van der Waals surface area contributed by atoms with Crippen LogP contribution in [0.5, 0.6) is 0 Å². The Morgan fingerprint density at radius 2 is 2.00 bits per heavy atom. The number of benzene rings is 1. The molecular weight excluding hydrogens is 272 g/mol. The zero-order chi connectivity index (χ0) is 15.1. The molecule has 1 heterocycles. The van der Waals surface area contributed by atoms with E-state index in [0.29, 0.717) is 18.3 Å². The van der Waals surface area contributed by atoms with Crippen LogP contribution in [0.4, 0.5) is 5.69 Å². The van der Waals surface area contributed by atoms with E-state index in [4.69, 9.17) is 11.3 Å². The highest BCUT2D eigenvalue weighted by atomic mass is 16.5. The minimum Gasteiger partial charge on any atom is -0.375 e. The third-order valence-electron chi connectivity index (χ3n) is 4.54. The highest BCUT2D eigenvalue weighted by molar-refractivity contribution is 5.45.